The second-order valence-electron chi connectivity index (χ2n) is 4.86. The summed E-state index contributed by atoms with van der Waals surface area (Å²) in [6.45, 7) is 2.02. The molecule has 0 aliphatic heterocycles. The Morgan fingerprint density at radius 1 is 1.23 bits per heavy atom. The van der Waals surface area contributed by atoms with Crippen LogP contribution in [0.4, 0.5) is 10.1 Å². The number of anilines is 1. The second-order valence-corrected chi connectivity index (χ2v) is 5.71. The maximum Gasteiger partial charge on any atom is 0.262 e. The van der Waals surface area contributed by atoms with Gasteiger partial charge in [-0.1, -0.05) is 19.4 Å². The number of benzene rings is 2. The molecular weight excluding hydrogens is 349 g/mol. The van der Waals surface area contributed by atoms with Crippen LogP contribution in [0.15, 0.2) is 46.9 Å². The molecule has 0 fully saturated rings. The van der Waals surface area contributed by atoms with E-state index in [2.05, 4.69) is 28.2 Å². The molecule has 0 aromatic heterocycles. The summed E-state index contributed by atoms with van der Waals surface area (Å²) in [4.78, 5) is 11.8. The number of nitrogens with one attached hydrogen (secondary N) is 1. The molecule has 2 aromatic carbocycles. The van der Waals surface area contributed by atoms with Gasteiger partial charge < -0.3 is 10.1 Å². The molecule has 0 saturated heterocycles. The molecule has 0 unspecified atom stereocenters. The molecule has 0 saturated carbocycles. The largest absolute Gasteiger partial charge is 0.483 e. The van der Waals surface area contributed by atoms with E-state index in [-0.39, 0.29) is 18.3 Å². The Kier molecular flexibility index (Phi) is 5.95. The van der Waals surface area contributed by atoms with Crippen LogP contribution in [0.2, 0.25) is 0 Å². The summed E-state index contributed by atoms with van der Waals surface area (Å²) in [6, 6.07) is 11.4. The normalized spacial score (nSPS) is 10.3. The zero-order valence-corrected chi connectivity index (χ0v) is 13.8. The molecule has 116 valence electrons. The van der Waals surface area contributed by atoms with Gasteiger partial charge in [0.05, 0.1) is 4.47 Å². The van der Waals surface area contributed by atoms with Gasteiger partial charge in [0.2, 0.25) is 0 Å². The fraction of sp³-hybridized carbons (Fsp3) is 0.235. The predicted octanol–water partition coefficient (Wildman–Crippen LogP) is 4.56. The highest BCUT2D eigenvalue weighted by molar-refractivity contribution is 9.10. The highest BCUT2D eigenvalue weighted by atomic mass is 79.9. The number of amides is 1. The summed E-state index contributed by atoms with van der Waals surface area (Å²) in [5, 5.41) is 2.64. The van der Waals surface area contributed by atoms with Crippen LogP contribution in [0.3, 0.4) is 0 Å². The van der Waals surface area contributed by atoms with Crippen LogP contribution in [0.1, 0.15) is 18.9 Å². The van der Waals surface area contributed by atoms with Crippen molar-refractivity contribution >= 4 is 27.5 Å². The number of rotatable bonds is 6. The van der Waals surface area contributed by atoms with Gasteiger partial charge in [-0.2, -0.15) is 0 Å². The van der Waals surface area contributed by atoms with E-state index in [0.29, 0.717) is 11.4 Å². The lowest BCUT2D eigenvalue weighted by Gasteiger charge is -2.10. The molecule has 0 spiro atoms. The predicted molar refractivity (Wildman–Crippen MR) is 88.7 cm³/mol. The summed E-state index contributed by atoms with van der Waals surface area (Å²) in [7, 11) is 0. The van der Waals surface area contributed by atoms with Crippen LogP contribution in [0, 0.1) is 5.82 Å². The third kappa shape index (κ3) is 4.84. The van der Waals surface area contributed by atoms with Crippen molar-refractivity contribution in [2.24, 2.45) is 0 Å². The molecule has 5 heteroatoms. The summed E-state index contributed by atoms with van der Waals surface area (Å²) in [5.74, 6) is -0.0180. The second kappa shape index (κ2) is 7.94. The van der Waals surface area contributed by atoms with E-state index >= 15 is 0 Å². The quantitative estimate of drug-likeness (QED) is 0.814. The maximum atomic E-state index is 12.8. The highest BCUT2D eigenvalue weighted by Crippen LogP contribution is 2.26. The van der Waals surface area contributed by atoms with Crippen molar-refractivity contribution in [3.8, 4) is 5.75 Å². The van der Waals surface area contributed by atoms with Crippen molar-refractivity contribution in [2.45, 2.75) is 19.8 Å². The number of hydrogen-bond acceptors (Lipinski definition) is 2. The minimum atomic E-state index is -0.342. The fourth-order valence-corrected chi connectivity index (χ4v) is 2.52. The van der Waals surface area contributed by atoms with Gasteiger partial charge in [0.1, 0.15) is 11.6 Å². The maximum absolute atomic E-state index is 12.8. The lowest BCUT2D eigenvalue weighted by atomic mass is 10.1. The zero-order valence-electron chi connectivity index (χ0n) is 12.2. The first kappa shape index (κ1) is 16.5. The van der Waals surface area contributed by atoms with Gasteiger partial charge in [0, 0.05) is 5.69 Å². The van der Waals surface area contributed by atoms with Gasteiger partial charge in [-0.05, 0) is 64.3 Å². The van der Waals surface area contributed by atoms with Gasteiger partial charge in [0.25, 0.3) is 5.91 Å². The van der Waals surface area contributed by atoms with Crippen LogP contribution in [-0.4, -0.2) is 12.5 Å². The van der Waals surface area contributed by atoms with Crippen LogP contribution >= 0.6 is 15.9 Å². The molecule has 3 nitrogen and oxygen atoms in total. The Labute approximate surface area is 137 Å². The first-order valence-corrected chi connectivity index (χ1v) is 7.84. The van der Waals surface area contributed by atoms with E-state index in [1.165, 1.54) is 29.8 Å². The monoisotopic (exact) mass is 365 g/mol. The van der Waals surface area contributed by atoms with E-state index < -0.39 is 0 Å². The van der Waals surface area contributed by atoms with Gasteiger partial charge in [0.15, 0.2) is 6.61 Å². The van der Waals surface area contributed by atoms with E-state index in [1.54, 1.807) is 0 Å². The summed E-state index contributed by atoms with van der Waals surface area (Å²) < 4.78 is 19.1. The van der Waals surface area contributed by atoms with Crippen LogP contribution in [0.25, 0.3) is 0 Å². The topological polar surface area (TPSA) is 38.3 Å². The average molecular weight is 366 g/mol. The average Bonchev–Trinajstić information content (AvgIpc) is 2.49. The van der Waals surface area contributed by atoms with Crippen molar-refractivity contribution in [2.75, 3.05) is 11.9 Å². The molecule has 0 bridgehead atoms. The third-order valence-electron chi connectivity index (χ3n) is 3.02. The van der Waals surface area contributed by atoms with E-state index in [9.17, 15) is 9.18 Å². The summed E-state index contributed by atoms with van der Waals surface area (Å²) in [5.41, 5.74) is 1.75. The molecule has 1 N–H and O–H groups in total. The minimum absolute atomic E-state index is 0.108. The van der Waals surface area contributed by atoms with Crippen molar-refractivity contribution in [3.63, 3.8) is 0 Å². The van der Waals surface area contributed by atoms with Crippen LogP contribution in [-0.2, 0) is 11.2 Å². The highest BCUT2D eigenvalue weighted by Gasteiger charge is 2.07. The molecule has 0 atom stereocenters. The first-order valence-electron chi connectivity index (χ1n) is 7.05. The Bertz CT molecular complexity index is 644. The number of ether oxygens (including phenoxy) is 1. The summed E-state index contributed by atoms with van der Waals surface area (Å²) in [6.07, 6.45) is 2.08. The van der Waals surface area contributed by atoms with Crippen molar-refractivity contribution in [3.05, 3.63) is 58.3 Å². The van der Waals surface area contributed by atoms with E-state index in [0.717, 1.165) is 17.3 Å². The molecule has 0 aliphatic carbocycles. The Balaban J connectivity index is 1.89. The Morgan fingerprint density at radius 3 is 2.59 bits per heavy atom. The molecule has 0 aliphatic rings. The summed E-state index contributed by atoms with van der Waals surface area (Å²) >= 11 is 3.44. The number of aryl methyl sites for hydroxylation is 1. The van der Waals surface area contributed by atoms with Gasteiger partial charge in [-0.15, -0.1) is 0 Å². The molecule has 22 heavy (non-hydrogen) atoms. The van der Waals surface area contributed by atoms with E-state index in [1.807, 2.05) is 18.2 Å². The minimum Gasteiger partial charge on any atom is -0.483 e. The lowest BCUT2D eigenvalue weighted by molar-refractivity contribution is -0.118. The fourth-order valence-electron chi connectivity index (χ4n) is 1.98. The number of carbonyl (C=O) groups is 1. The number of carbonyl (C=O) groups excluding carboxylic acids is 1. The SMILES string of the molecule is CCCc1ccc(OCC(=O)Nc2ccc(F)cc2)c(Br)c1. The molecule has 0 heterocycles. The van der Waals surface area contributed by atoms with Crippen molar-refractivity contribution in [1.29, 1.82) is 0 Å². The van der Waals surface area contributed by atoms with Crippen molar-refractivity contribution in [1.82, 2.24) is 0 Å². The van der Waals surface area contributed by atoms with Gasteiger partial charge in [-0.3, -0.25) is 4.79 Å². The molecule has 2 rings (SSSR count). The molecular formula is C17H17BrFNO2. The molecule has 1 amide bonds. The van der Waals surface area contributed by atoms with Gasteiger partial charge >= 0.3 is 0 Å². The Morgan fingerprint density at radius 2 is 1.95 bits per heavy atom. The number of hydrogen-bond donors (Lipinski definition) is 1. The third-order valence-corrected chi connectivity index (χ3v) is 3.64. The smallest absolute Gasteiger partial charge is 0.262 e. The zero-order chi connectivity index (χ0) is 15.9. The van der Waals surface area contributed by atoms with Crippen molar-refractivity contribution < 1.29 is 13.9 Å². The first-order chi connectivity index (χ1) is 10.6. The lowest BCUT2D eigenvalue weighted by Crippen LogP contribution is -2.20. The van der Waals surface area contributed by atoms with E-state index in [4.69, 9.17) is 4.74 Å². The van der Waals surface area contributed by atoms with Gasteiger partial charge in [-0.25, -0.2) is 4.39 Å². The molecule has 0 radical (unpaired) electrons. The molecule has 2 aromatic rings. The van der Waals surface area contributed by atoms with Crippen LogP contribution < -0.4 is 10.1 Å². The standard InChI is InChI=1S/C17H17BrFNO2/c1-2-3-12-4-9-16(15(18)10-12)22-11-17(21)20-14-7-5-13(19)6-8-14/h4-10H,2-3,11H2,1H3,(H,20,21). The number of halogens is 2. The van der Waals surface area contributed by atoms with Crippen LogP contribution in [0.5, 0.6) is 5.75 Å². The Hall–Kier alpha value is -1.88.